The molecule has 0 fully saturated rings. The fourth-order valence-corrected chi connectivity index (χ4v) is 1.55. The average Bonchev–Trinajstić information content (AvgIpc) is 2.49. The van der Waals surface area contributed by atoms with Crippen LogP contribution in [0.15, 0.2) is 12.4 Å². The first kappa shape index (κ1) is 14.9. The number of hydrogen-bond acceptors (Lipinski definition) is 6. The predicted octanol–water partition coefficient (Wildman–Crippen LogP) is 2.05. The monoisotopic (exact) mass is 297 g/mol. The van der Waals surface area contributed by atoms with Crippen molar-refractivity contribution in [2.75, 3.05) is 14.2 Å². The number of hydrogen-bond donors (Lipinski definition) is 0. The van der Waals surface area contributed by atoms with Crippen LogP contribution in [0.4, 0.5) is 8.78 Å². The summed E-state index contributed by atoms with van der Waals surface area (Å²) in [5.74, 6) is -1.77. The third kappa shape index (κ3) is 3.15. The van der Waals surface area contributed by atoms with E-state index < -0.39 is 11.6 Å². The molecule has 6 nitrogen and oxygen atoms in total. The van der Waals surface area contributed by atoms with Gasteiger partial charge in [0.2, 0.25) is 0 Å². The van der Waals surface area contributed by atoms with Crippen LogP contribution in [-0.2, 0) is 6.61 Å². The van der Waals surface area contributed by atoms with Gasteiger partial charge in [0.25, 0.3) is 11.8 Å². The van der Waals surface area contributed by atoms with E-state index in [0.29, 0.717) is 5.82 Å². The molecule has 0 aliphatic heterocycles. The molecule has 2 heterocycles. The summed E-state index contributed by atoms with van der Waals surface area (Å²) in [5.41, 5.74) is -0.348. The number of nitrogens with zero attached hydrogens (tertiary/aromatic N) is 3. The van der Waals surface area contributed by atoms with Crippen LogP contribution >= 0.6 is 0 Å². The summed E-state index contributed by atoms with van der Waals surface area (Å²) in [6, 6.07) is 0. The summed E-state index contributed by atoms with van der Waals surface area (Å²) >= 11 is 0. The largest absolute Gasteiger partial charge is 0.485 e. The van der Waals surface area contributed by atoms with Crippen molar-refractivity contribution in [1.82, 2.24) is 15.0 Å². The molecule has 0 aliphatic rings. The maximum atomic E-state index is 14.0. The molecule has 0 unspecified atom stereocenters. The standard InChI is InChI=1S/C13H13F2N3O3/c1-7-16-4-8(5-17-7)21-6-9-10(14)12(19-2)18-13(20-3)11(9)15/h4-5H,6H2,1-3H3. The summed E-state index contributed by atoms with van der Waals surface area (Å²) in [4.78, 5) is 11.4. The zero-order valence-corrected chi connectivity index (χ0v) is 11.7. The smallest absolute Gasteiger partial charge is 0.254 e. The quantitative estimate of drug-likeness (QED) is 0.841. The Kier molecular flexibility index (Phi) is 4.46. The van der Waals surface area contributed by atoms with E-state index in [4.69, 9.17) is 14.2 Å². The van der Waals surface area contributed by atoms with Crippen molar-refractivity contribution in [2.24, 2.45) is 0 Å². The number of ether oxygens (including phenoxy) is 3. The lowest BCUT2D eigenvalue weighted by Crippen LogP contribution is -2.08. The summed E-state index contributed by atoms with van der Waals surface area (Å²) in [7, 11) is 2.45. The van der Waals surface area contributed by atoms with Crippen LogP contribution in [0.1, 0.15) is 11.4 Å². The van der Waals surface area contributed by atoms with Gasteiger partial charge in [-0.05, 0) is 6.92 Å². The summed E-state index contributed by atoms with van der Waals surface area (Å²) in [6.07, 6.45) is 2.82. The number of rotatable bonds is 5. The molecular formula is C13H13F2N3O3. The summed E-state index contributed by atoms with van der Waals surface area (Å²) < 4.78 is 42.8. The molecule has 0 aromatic carbocycles. The molecule has 2 aromatic rings. The molecule has 21 heavy (non-hydrogen) atoms. The Balaban J connectivity index is 2.28. The van der Waals surface area contributed by atoms with Gasteiger partial charge in [-0.2, -0.15) is 4.98 Å². The highest BCUT2D eigenvalue weighted by atomic mass is 19.1. The van der Waals surface area contributed by atoms with Crippen molar-refractivity contribution in [3.63, 3.8) is 0 Å². The van der Waals surface area contributed by atoms with Gasteiger partial charge in [0.05, 0.1) is 32.2 Å². The van der Waals surface area contributed by atoms with E-state index in [1.807, 2.05) is 0 Å². The van der Waals surface area contributed by atoms with Crippen LogP contribution < -0.4 is 14.2 Å². The number of halogens is 2. The van der Waals surface area contributed by atoms with Crippen molar-refractivity contribution in [3.05, 3.63) is 35.4 Å². The molecule has 112 valence electrons. The zero-order chi connectivity index (χ0) is 15.4. The van der Waals surface area contributed by atoms with Crippen molar-refractivity contribution >= 4 is 0 Å². The van der Waals surface area contributed by atoms with Gasteiger partial charge in [-0.3, -0.25) is 0 Å². The fourth-order valence-electron chi connectivity index (χ4n) is 1.55. The number of aryl methyl sites for hydroxylation is 1. The van der Waals surface area contributed by atoms with Crippen molar-refractivity contribution in [3.8, 4) is 17.5 Å². The van der Waals surface area contributed by atoms with Gasteiger partial charge in [-0.1, -0.05) is 0 Å². The Morgan fingerprint density at radius 2 is 1.52 bits per heavy atom. The van der Waals surface area contributed by atoms with Crippen LogP contribution in [0, 0.1) is 18.6 Å². The Labute approximate surface area is 119 Å². The second kappa shape index (κ2) is 6.29. The Morgan fingerprint density at radius 3 is 2.00 bits per heavy atom. The lowest BCUT2D eigenvalue weighted by atomic mass is 10.2. The van der Waals surface area contributed by atoms with E-state index in [1.54, 1.807) is 6.92 Å². The summed E-state index contributed by atoms with van der Waals surface area (Å²) in [6.45, 7) is 1.33. The van der Waals surface area contributed by atoms with Gasteiger partial charge < -0.3 is 14.2 Å². The molecule has 0 bridgehead atoms. The highest BCUT2D eigenvalue weighted by Gasteiger charge is 2.22. The van der Waals surface area contributed by atoms with Crippen LogP contribution in [0.3, 0.4) is 0 Å². The van der Waals surface area contributed by atoms with Gasteiger partial charge in [0, 0.05) is 0 Å². The van der Waals surface area contributed by atoms with Crippen molar-refractivity contribution in [1.29, 1.82) is 0 Å². The average molecular weight is 297 g/mol. The zero-order valence-electron chi connectivity index (χ0n) is 11.7. The Bertz CT molecular complexity index is 607. The SMILES string of the molecule is COc1nc(OC)c(F)c(COc2cnc(C)nc2)c1F. The van der Waals surface area contributed by atoms with Gasteiger partial charge in [0.15, 0.2) is 17.4 Å². The number of pyridine rings is 1. The highest BCUT2D eigenvalue weighted by Crippen LogP contribution is 2.28. The molecule has 0 radical (unpaired) electrons. The van der Waals surface area contributed by atoms with E-state index in [9.17, 15) is 8.78 Å². The molecule has 0 aliphatic carbocycles. The lowest BCUT2D eigenvalue weighted by Gasteiger charge is -2.12. The summed E-state index contributed by atoms with van der Waals surface area (Å²) in [5, 5.41) is 0. The third-order valence-electron chi connectivity index (χ3n) is 2.64. The minimum atomic E-state index is -0.941. The van der Waals surface area contributed by atoms with Crippen molar-refractivity contribution < 1.29 is 23.0 Å². The Hall–Kier alpha value is -2.51. The topological polar surface area (TPSA) is 66.4 Å². The first-order valence-corrected chi connectivity index (χ1v) is 5.94. The second-order valence-electron chi connectivity index (χ2n) is 3.99. The van der Waals surface area contributed by atoms with Crippen LogP contribution in [-0.4, -0.2) is 29.2 Å². The maximum absolute atomic E-state index is 14.0. The van der Waals surface area contributed by atoms with Gasteiger partial charge in [-0.15, -0.1) is 0 Å². The lowest BCUT2D eigenvalue weighted by molar-refractivity contribution is 0.273. The van der Waals surface area contributed by atoms with E-state index in [2.05, 4.69) is 15.0 Å². The molecule has 2 aromatic heterocycles. The molecule has 0 saturated carbocycles. The van der Waals surface area contributed by atoms with Crippen LogP contribution in [0.25, 0.3) is 0 Å². The fraction of sp³-hybridized carbons (Fsp3) is 0.308. The molecule has 0 amide bonds. The van der Waals surface area contributed by atoms with Crippen LogP contribution in [0.2, 0.25) is 0 Å². The van der Waals surface area contributed by atoms with Crippen molar-refractivity contribution in [2.45, 2.75) is 13.5 Å². The minimum absolute atomic E-state index is 0.286. The highest BCUT2D eigenvalue weighted by molar-refractivity contribution is 5.32. The van der Waals surface area contributed by atoms with E-state index >= 15 is 0 Å². The van der Waals surface area contributed by atoms with E-state index in [0.717, 1.165) is 0 Å². The molecule has 0 atom stereocenters. The molecule has 2 rings (SSSR count). The molecule has 0 spiro atoms. The van der Waals surface area contributed by atoms with Gasteiger partial charge >= 0.3 is 0 Å². The predicted molar refractivity (Wildman–Crippen MR) is 68.4 cm³/mol. The first-order chi connectivity index (χ1) is 10.1. The second-order valence-corrected chi connectivity index (χ2v) is 3.99. The van der Waals surface area contributed by atoms with Gasteiger partial charge in [0.1, 0.15) is 12.4 Å². The maximum Gasteiger partial charge on any atom is 0.254 e. The third-order valence-corrected chi connectivity index (χ3v) is 2.64. The normalized spacial score (nSPS) is 10.3. The number of methoxy groups -OCH3 is 2. The number of aromatic nitrogens is 3. The first-order valence-electron chi connectivity index (χ1n) is 5.94. The van der Waals surface area contributed by atoms with E-state index in [1.165, 1.54) is 26.6 Å². The minimum Gasteiger partial charge on any atom is -0.485 e. The Morgan fingerprint density at radius 1 is 1.00 bits per heavy atom. The molecule has 0 N–H and O–H groups in total. The molecule has 8 heteroatoms. The van der Waals surface area contributed by atoms with Gasteiger partial charge in [-0.25, -0.2) is 18.7 Å². The molecule has 0 saturated heterocycles. The van der Waals surface area contributed by atoms with E-state index in [-0.39, 0.29) is 29.7 Å². The molecular weight excluding hydrogens is 284 g/mol. The van der Waals surface area contributed by atoms with Crippen LogP contribution in [0.5, 0.6) is 17.5 Å².